The number of benzene rings is 1. The van der Waals surface area contributed by atoms with Crippen molar-refractivity contribution in [2.24, 2.45) is 0 Å². The van der Waals surface area contributed by atoms with Crippen molar-refractivity contribution in [3.8, 4) is 0 Å². The Kier molecular flexibility index (Phi) is 4.92. The van der Waals surface area contributed by atoms with Gasteiger partial charge in [0.2, 0.25) is 5.91 Å². The molecule has 0 saturated carbocycles. The Morgan fingerprint density at radius 2 is 2.04 bits per heavy atom. The first-order valence-electron chi connectivity index (χ1n) is 7.42. The second-order valence-corrected chi connectivity index (χ2v) is 5.91. The van der Waals surface area contributed by atoms with E-state index in [2.05, 4.69) is 9.97 Å². The molecule has 23 heavy (non-hydrogen) atoms. The van der Waals surface area contributed by atoms with E-state index in [4.69, 9.17) is 4.42 Å². The number of carbonyl (C=O) groups is 1. The summed E-state index contributed by atoms with van der Waals surface area (Å²) in [5.41, 5.74) is 2.33. The van der Waals surface area contributed by atoms with E-state index in [0.717, 1.165) is 5.56 Å². The van der Waals surface area contributed by atoms with Gasteiger partial charge >= 0.3 is 0 Å². The topological polar surface area (TPSA) is 59.2 Å². The largest absolute Gasteiger partial charge is 0.430 e. The van der Waals surface area contributed by atoms with Gasteiger partial charge < -0.3 is 9.32 Å². The summed E-state index contributed by atoms with van der Waals surface area (Å²) in [6, 6.07) is 13.6. The molecular weight excluding hydrogens is 310 g/mol. The molecule has 3 rings (SSSR count). The molecule has 3 aromatic rings. The predicted octanol–water partition coefficient (Wildman–Crippen LogP) is 3.36. The van der Waals surface area contributed by atoms with Gasteiger partial charge in [-0.25, -0.2) is 4.98 Å². The van der Waals surface area contributed by atoms with Crippen LogP contribution >= 0.6 is 11.8 Å². The lowest BCUT2D eigenvalue weighted by molar-refractivity contribution is -0.128. The van der Waals surface area contributed by atoms with Gasteiger partial charge in [0.05, 0.1) is 5.75 Å². The molecule has 5 nitrogen and oxygen atoms in total. The first-order chi connectivity index (χ1) is 11.3. The fourth-order valence-electron chi connectivity index (χ4n) is 2.21. The van der Waals surface area contributed by atoms with E-state index < -0.39 is 0 Å². The number of amides is 1. The molecule has 0 atom stereocenters. The molecule has 0 spiro atoms. The second-order valence-electron chi connectivity index (χ2n) is 4.99. The Morgan fingerprint density at radius 1 is 1.22 bits per heavy atom. The Morgan fingerprint density at radius 3 is 2.78 bits per heavy atom. The summed E-state index contributed by atoms with van der Waals surface area (Å²) in [5.74, 6) is 0.365. The van der Waals surface area contributed by atoms with Crippen LogP contribution in [0.1, 0.15) is 12.5 Å². The van der Waals surface area contributed by atoms with Crippen LogP contribution in [-0.2, 0) is 11.3 Å². The SMILES string of the molecule is CCN(Cc1ccccc1)C(=O)CSc1nc2ncccc2o1. The number of oxazole rings is 1. The standard InChI is InChI=1S/C17H17N3O2S/c1-2-20(11-13-7-4-3-5-8-13)15(21)12-23-17-19-16-14(22-17)9-6-10-18-16/h3-10H,2,11-12H2,1H3. The third kappa shape index (κ3) is 3.90. The minimum absolute atomic E-state index is 0.0663. The maximum absolute atomic E-state index is 12.4. The molecule has 1 amide bonds. The lowest BCUT2D eigenvalue weighted by Gasteiger charge is -2.20. The molecule has 2 heterocycles. The summed E-state index contributed by atoms with van der Waals surface area (Å²) in [6.45, 7) is 3.27. The molecule has 0 unspecified atom stereocenters. The van der Waals surface area contributed by atoms with Crippen molar-refractivity contribution >= 4 is 28.9 Å². The van der Waals surface area contributed by atoms with Crippen LogP contribution in [0, 0.1) is 0 Å². The minimum atomic E-state index is 0.0663. The zero-order chi connectivity index (χ0) is 16.1. The van der Waals surface area contributed by atoms with Gasteiger partial charge in [0.25, 0.3) is 5.22 Å². The molecule has 2 aromatic heterocycles. The van der Waals surface area contributed by atoms with Crippen LogP contribution in [0.5, 0.6) is 0 Å². The molecule has 0 N–H and O–H groups in total. The summed E-state index contributed by atoms with van der Waals surface area (Å²) in [6.07, 6.45) is 1.67. The molecule has 0 aliphatic carbocycles. The monoisotopic (exact) mass is 327 g/mol. The van der Waals surface area contributed by atoms with Gasteiger partial charge in [-0.2, -0.15) is 4.98 Å². The summed E-state index contributed by atoms with van der Waals surface area (Å²) in [7, 11) is 0. The average molecular weight is 327 g/mol. The van der Waals surface area contributed by atoms with Crippen LogP contribution in [0.3, 0.4) is 0 Å². The van der Waals surface area contributed by atoms with E-state index in [1.54, 1.807) is 12.3 Å². The highest BCUT2D eigenvalue weighted by Crippen LogP contribution is 2.22. The van der Waals surface area contributed by atoms with Crippen LogP contribution in [0.25, 0.3) is 11.2 Å². The van der Waals surface area contributed by atoms with Crippen molar-refractivity contribution in [1.82, 2.24) is 14.9 Å². The van der Waals surface area contributed by atoms with E-state index in [1.807, 2.05) is 48.2 Å². The van der Waals surface area contributed by atoms with Gasteiger partial charge in [0.15, 0.2) is 11.2 Å². The molecule has 0 bridgehead atoms. The predicted molar refractivity (Wildman–Crippen MR) is 90.1 cm³/mol. The molecule has 0 saturated heterocycles. The number of nitrogens with zero attached hydrogens (tertiary/aromatic N) is 3. The number of pyridine rings is 1. The number of carbonyl (C=O) groups excluding carboxylic acids is 1. The fraction of sp³-hybridized carbons (Fsp3) is 0.235. The molecule has 1 aromatic carbocycles. The first-order valence-corrected chi connectivity index (χ1v) is 8.41. The van der Waals surface area contributed by atoms with Gasteiger partial charge in [0.1, 0.15) is 0 Å². The van der Waals surface area contributed by atoms with Crippen molar-refractivity contribution in [3.05, 3.63) is 54.2 Å². The third-order valence-electron chi connectivity index (χ3n) is 3.42. The van der Waals surface area contributed by atoms with Crippen molar-refractivity contribution in [2.45, 2.75) is 18.7 Å². The first kappa shape index (κ1) is 15.6. The summed E-state index contributed by atoms with van der Waals surface area (Å²) >= 11 is 1.30. The zero-order valence-corrected chi connectivity index (χ0v) is 13.6. The smallest absolute Gasteiger partial charge is 0.258 e. The average Bonchev–Trinajstić information content (AvgIpc) is 3.01. The van der Waals surface area contributed by atoms with Crippen molar-refractivity contribution in [2.75, 3.05) is 12.3 Å². The van der Waals surface area contributed by atoms with Gasteiger partial charge in [-0.1, -0.05) is 42.1 Å². The number of fused-ring (bicyclic) bond motifs is 1. The van der Waals surface area contributed by atoms with Gasteiger partial charge in [-0.3, -0.25) is 4.79 Å². The number of rotatable bonds is 6. The van der Waals surface area contributed by atoms with Gasteiger partial charge in [-0.05, 0) is 24.6 Å². The van der Waals surface area contributed by atoms with Gasteiger partial charge in [0, 0.05) is 19.3 Å². The highest BCUT2D eigenvalue weighted by molar-refractivity contribution is 7.99. The van der Waals surface area contributed by atoms with E-state index in [0.29, 0.717) is 35.3 Å². The number of hydrogen-bond acceptors (Lipinski definition) is 5. The van der Waals surface area contributed by atoms with Crippen molar-refractivity contribution in [3.63, 3.8) is 0 Å². The summed E-state index contributed by atoms with van der Waals surface area (Å²) in [5, 5.41) is 0.475. The molecule has 0 radical (unpaired) electrons. The quantitative estimate of drug-likeness (QED) is 0.650. The Balaban J connectivity index is 1.60. The number of aromatic nitrogens is 2. The summed E-state index contributed by atoms with van der Waals surface area (Å²) in [4.78, 5) is 22.6. The van der Waals surface area contributed by atoms with E-state index >= 15 is 0 Å². The van der Waals surface area contributed by atoms with E-state index in [-0.39, 0.29) is 5.91 Å². The molecule has 0 aliphatic rings. The summed E-state index contributed by atoms with van der Waals surface area (Å²) < 4.78 is 5.57. The molecular formula is C17H17N3O2S. The molecule has 118 valence electrons. The minimum Gasteiger partial charge on any atom is -0.430 e. The highest BCUT2D eigenvalue weighted by atomic mass is 32.2. The van der Waals surface area contributed by atoms with Crippen molar-refractivity contribution < 1.29 is 9.21 Å². The molecule has 0 aliphatic heterocycles. The van der Waals surface area contributed by atoms with E-state index in [9.17, 15) is 4.79 Å². The fourth-order valence-corrected chi connectivity index (χ4v) is 2.94. The van der Waals surface area contributed by atoms with Crippen molar-refractivity contribution in [1.29, 1.82) is 0 Å². The normalized spacial score (nSPS) is 10.8. The number of hydrogen-bond donors (Lipinski definition) is 0. The molecule has 6 heteroatoms. The van der Waals surface area contributed by atoms with Gasteiger partial charge in [-0.15, -0.1) is 0 Å². The van der Waals surface area contributed by atoms with Crippen LogP contribution in [0.15, 0.2) is 58.3 Å². The maximum atomic E-state index is 12.4. The molecule has 0 fully saturated rings. The van der Waals surface area contributed by atoms with Crippen LogP contribution < -0.4 is 0 Å². The van der Waals surface area contributed by atoms with E-state index in [1.165, 1.54) is 11.8 Å². The Hall–Kier alpha value is -2.34. The third-order valence-corrected chi connectivity index (χ3v) is 4.23. The highest BCUT2D eigenvalue weighted by Gasteiger charge is 2.15. The van der Waals surface area contributed by atoms with Crippen LogP contribution in [-0.4, -0.2) is 33.1 Å². The lowest BCUT2D eigenvalue weighted by Crippen LogP contribution is -2.31. The lowest BCUT2D eigenvalue weighted by atomic mass is 10.2. The Labute approximate surface area is 138 Å². The Bertz CT molecular complexity index is 756. The van der Waals surface area contributed by atoms with Crippen LogP contribution in [0.4, 0.5) is 0 Å². The zero-order valence-electron chi connectivity index (χ0n) is 12.8. The second kappa shape index (κ2) is 7.28. The maximum Gasteiger partial charge on any atom is 0.258 e. The van der Waals surface area contributed by atoms with Crippen LogP contribution in [0.2, 0.25) is 0 Å². The number of thioether (sulfide) groups is 1.